The number of carbonyl (C=O) groups is 1. The highest BCUT2D eigenvalue weighted by atomic mass is 16.6. The van der Waals surface area contributed by atoms with Crippen LogP contribution >= 0.6 is 0 Å². The summed E-state index contributed by atoms with van der Waals surface area (Å²) in [5.74, 6) is -0.417. The molecule has 0 aliphatic rings. The van der Waals surface area contributed by atoms with Crippen molar-refractivity contribution in [1.82, 2.24) is 0 Å². The van der Waals surface area contributed by atoms with E-state index in [2.05, 4.69) is 6.58 Å². The summed E-state index contributed by atoms with van der Waals surface area (Å²) in [6.07, 6.45) is 0. The van der Waals surface area contributed by atoms with Crippen molar-refractivity contribution in [1.29, 1.82) is 0 Å². The van der Waals surface area contributed by atoms with E-state index in [0.717, 1.165) is 0 Å². The Kier molecular flexibility index (Phi) is 46.5. The van der Waals surface area contributed by atoms with Crippen molar-refractivity contribution in [3.8, 4) is 0 Å². The molecule has 18 heteroatoms. The van der Waals surface area contributed by atoms with Crippen LogP contribution in [0.5, 0.6) is 0 Å². The maximum Gasteiger partial charge on any atom is 0.333 e. The van der Waals surface area contributed by atoms with Gasteiger partial charge < -0.3 is 80.9 Å². The molecule has 0 saturated carbocycles. The zero-order chi connectivity index (χ0) is 39.1. The number of aliphatic hydroxyl groups is 1. The van der Waals surface area contributed by atoms with Gasteiger partial charge in [-0.05, 0) is 6.92 Å². The molecule has 54 heavy (non-hydrogen) atoms. The summed E-state index contributed by atoms with van der Waals surface area (Å²) < 4.78 is 86.1. The molecular formula is C36H70O18. The Labute approximate surface area is 322 Å². The van der Waals surface area contributed by atoms with E-state index in [9.17, 15) is 4.79 Å². The smallest absolute Gasteiger partial charge is 0.333 e. The minimum absolute atomic E-state index is 0.0198. The molecule has 0 aromatic carbocycles. The van der Waals surface area contributed by atoms with Gasteiger partial charge >= 0.3 is 5.97 Å². The average Bonchev–Trinajstić information content (AvgIpc) is 3.17. The van der Waals surface area contributed by atoms with Crippen LogP contribution in [0.2, 0.25) is 0 Å². The largest absolute Gasteiger partial charge is 0.460 e. The highest BCUT2D eigenvalue weighted by molar-refractivity contribution is 5.86. The topological polar surface area (TPSA) is 185 Å². The molecule has 0 aliphatic heterocycles. The minimum Gasteiger partial charge on any atom is -0.460 e. The molecule has 0 unspecified atom stereocenters. The lowest BCUT2D eigenvalue weighted by molar-refractivity contribution is -0.140. The third-order valence-electron chi connectivity index (χ3n) is 6.25. The monoisotopic (exact) mass is 790 g/mol. The molecule has 0 rings (SSSR count). The molecule has 0 bridgehead atoms. The molecule has 0 heterocycles. The molecule has 0 fully saturated rings. The Balaban J connectivity index is 3.07. The second-order valence-electron chi connectivity index (χ2n) is 10.8. The summed E-state index contributed by atoms with van der Waals surface area (Å²) in [7, 11) is 0. The minimum atomic E-state index is -0.417. The first-order valence-electron chi connectivity index (χ1n) is 18.8. The molecule has 0 saturated heterocycles. The first-order chi connectivity index (χ1) is 26.7. The fourth-order valence-corrected chi connectivity index (χ4v) is 3.56. The number of aliphatic hydroxyl groups excluding tert-OH is 1. The maximum absolute atomic E-state index is 11.2. The highest BCUT2D eigenvalue weighted by Crippen LogP contribution is 1.92. The Morgan fingerprint density at radius 2 is 0.463 bits per heavy atom. The van der Waals surface area contributed by atoms with Gasteiger partial charge in [0.2, 0.25) is 0 Å². The van der Waals surface area contributed by atoms with E-state index in [4.69, 9.17) is 80.9 Å². The van der Waals surface area contributed by atoms with Gasteiger partial charge in [-0.25, -0.2) is 4.79 Å². The summed E-state index contributed by atoms with van der Waals surface area (Å²) in [4.78, 5) is 11.2. The second kappa shape index (κ2) is 47.7. The van der Waals surface area contributed by atoms with Crippen LogP contribution in [0, 0.1) is 0 Å². The third-order valence-corrected chi connectivity index (χ3v) is 6.25. The van der Waals surface area contributed by atoms with Gasteiger partial charge in [0.15, 0.2) is 0 Å². The first kappa shape index (κ1) is 52.6. The molecule has 18 nitrogen and oxygen atoms in total. The molecule has 0 amide bonds. The number of hydrogen-bond acceptors (Lipinski definition) is 18. The molecule has 0 spiro atoms. The standard InChI is InChI=1S/C36H70O18/c1-35(2)36(38)54-34-33-53-32-31-52-30-29-51-28-27-50-26-25-49-24-23-48-22-21-47-20-19-46-18-17-45-16-15-44-14-13-43-12-11-42-10-9-41-8-7-40-6-5-39-4-3-37/h37H,1,3-34H2,2H3. The third kappa shape index (κ3) is 46.7. The Morgan fingerprint density at radius 3 is 0.611 bits per heavy atom. The highest BCUT2D eigenvalue weighted by Gasteiger charge is 2.02. The van der Waals surface area contributed by atoms with E-state index in [1.165, 1.54) is 0 Å². The Hall–Kier alpha value is -1.43. The second-order valence-corrected chi connectivity index (χ2v) is 10.8. The van der Waals surface area contributed by atoms with Crippen LogP contribution in [-0.2, 0) is 80.6 Å². The number of carbonyl (C=O) groups excluding carboxylic acids is 1. The van der Waals surface area contributed by atoms with Gasteiger partial charge in [-0.1, -0.05) is 6.58 Å². The van der Waals surface area contributed by atoms with E-state index < -0.39 is 5.97 Å². The van der Waals surface area contributed by atoms with E-state index in [1.54, 1.807) is 6.92 Å². The summed E-state index contributed by atoms with van der Waals surface area (Å²) in [5.41, 5.74) is 0.366. The zero-order valence-electron chi connectivity index (χ0n) is 32.7. The first-order valence-corrected chi connectivity index (χ1v) is 18.8. The van der Waals surface area contributed by atoms with Crippen LogP contribution in [0.1, 0.15) is 6.92 Å². The van der Waals surface area contributed by atoms with Crippen LogP contribution in [0.15, 0.2) is 12.2 Å². The fourth-order valence-electron chi connectivity index (χ4n) is 3.56. The quantitative estimate of drug-likeness (QED) is 0.0505. The summed E-state index contributed by atoms with van der Waals surface area (Å²) in [6, 6.07) is 0. The molecule has 322 valence electrons. The lowest BCUT2D eigenvalue weighted by atomic mass is 10.4. The van der Waals surface area contributed by atoms with Gasteiger partial charge in [-0.3, -0.25) is 0 Å². The molecule has 1 N–H and O–H groups in total. The van der Waals surface area contributed by atoms with Gasteiger partial charge in [0.05, 0.1) is 205 Å². The average molecular weight is 791 g/mol. The molecule has 0 radical (unpaired) electrons. The van der Waals surface area contributed by atoms with Gasteiger partial charge in [0.1, 0.15) is 6.61 Å². The number of ether oxygens (including phenoxy) is 16. The molecule has 0 atom stereocenters. The van der Waals surface area contributed by atoms with Crippen molar-refractivity contribution in [3.63, 3.8) is 0 Å². The van der Waals surface area contributed by atoms with Crippen molar-refractivity contribution in [3.05, 3.63) is 12.2 Å². The van der Waals surface area contributed by atoms with E-state index in [-0.39, 0.29) is 13.2 Å². The van der Waals surface area contributed by atoms with Crippen molar-refractivity contribution >= 4 is 5.97 Å². The number of esters is 1. The van der Waals surface area contributed by atoms with Crippen molar-refractivity contribution < 1.29 is 85.7 Å². The summed E-state index contributed by atoms with van der Waals surface area (Å²) in [5, 5.41) is 8.59. The van der Waals surface area contributed by atoms with E-state index in [0.29, 0.717) is 204 Å². The van der Waals surface area contributed by atoms with Crippen LogP contribution in [-0.4, -0.2) is 222 Å². The predicted molar refractivity (Wildman–Crippen MR) is 195 cm³/mol. The van der Waals surface area contributed by atoms with Gasteiger partial charge in [0, 0.05) is 5.57 Å². The van der Waals surface area contributed by atoms with Crippen molar-refractivity contribution in [2.24, 2.45) is 0 Å². The fraction of sp³-hybridized carbons (Fsp3) is 0.917. The lowest BCUT2D eigenvalue weighted by Gasteiger charge is -2.09. The normalized spacial score (nSPS) is 11.4. The van der Waals surface area contributed by atoms with Gasteiger partial charge in [0.25, 0.3) is 0 Å². The van der Waals surface area contributed by atoms with Crippen LogP contribution in [0.25, 0.3) is 0 Å². The summed E-state index contributed by atoms with van der Waals surface area (Å²) in [6.45, 7) is 19.5. The van der Waals surface area contributed by atoms with E-state index >= 15 is 0 Å². The van der Waals surface area contributed by atoms with Crippen molar-refractivity contribution in [2.75, 3.05) is 211 Å². The molecule has 0 aromatic heterocycles. The number of rotatable bonds is 48. The predicted octanol–water partition coefficient (Wildman–Crippen LogP) is 0.347. The number of hydrogen-bond donors (Lipinski definition) is 1. The zero-order valence-corrected chi connectivity index (χ0v) is 32.7. The van der Waals surface area contributed by atoms with Crippen LogP contribution < -0.4 is 0 Å². The molecular weight excluding hydrogens is 720 g/mol. The Morgan fingerprint density at radius 1 is 0.315 bits per heavy atom. The van der Waals surface area contributed by atoms with Gasteiger partial charge in [-0.2, -0.15) is 0 Å². The van der Waals surface area contributed by atoms with E-state index in [1.807, 2.05) is 0 Å². The summed E-state index contributed by atoms with van der Waals surface area (Å²) >= 11 is 0. The van der Waals surface area contributed by atoms with Crippen molar-refractivity contribution in [2.45, 2.75) is 6.92 Å². The van der Waals surface area contributed by atoms with Gasteiger partial charge in [-0.15, -0.1) is 0 Å². The molecule has 0 aliphatic carbocycles. The molecule has 0 aromatic rings. The van der Waals surface area contributed by atoms with Crippen LogP contribution in [0.3, 0.4) is 0 Å². The lowest BCUT2D eigenvalue weighted by Crippen LogP contribution is -2.16. The van der Waals surface area contributed by atoms with Crippen LogP contribution in [0.4, 0.5) is 0 Å². The Bertz CT molecular complexity index is 750. The maximum atomic E-state index is 11.2. The SMILES string of the molecule is C=C(C)C(=O)OCCOCCOCCOCCOCCOCCOCCOCCOCCOCCOCCOCCOCCOCCOCCOCCO.